The molecule has 0 aliphatic rings. The Kier molecular flexibility index (Phi) is 4.69. The minimum absolute atomic E-state index is 0.0974. The lowest BCUT2D eigenvalue weighted by atomic mass is 10.2. The second kappa shape index (κ2) is 6.49. The first kappa shape index (κ1) is 15.2. The van der Waals surface area contributed by atoms with Crippen molar-refractivity contribution in [1.29, 1.82) is 0 Å². The maximum absolute atomic E-state index is 12.4. The molecule has 1 aromatic heterocycles. The predicted molar refractivity (Wildman–Crippen MR) is 72.1 cm³/mol. The number of hydrogen-bond acceptors (Lipinski definition) is 6. The topological polar surface area (TPSA) is 57.7 Å². The summed E-state index contributed by atoms with van der Waals surface area (Å²) in [4.78, 5) is 15.4. The lowest BCUT2D eigenvalue weighted by Gasteiger charge is -2.10. The number of carbonyl (C=O) groups is 1. The number of nitrogens with zero attached hydrogens (tertiary/aromatic N) is 1. The van der Waals surface area contributed by atoms with Gasteiger partial charge in [-0.2, -0.15) is 8.78 Å². The zero-order valence-corrected chi connectivity index (χ0v) is 11.9. The molecule has 0 atom stereocenters. The van der Waals surface area contributed by atoms with E-state index in [9.17, 15) is 13.6 Å². The molecule has 0 amide bonds. The lowest BCUT2D eigenvalue weighted by Crippen LogP contribution is -2.03. The summed E-state index contributed by atoms with van der Waals surface area (Å²) < 4.78 is 38.7. The monoisotopic (exact) mass is 315 g/mol. The number of hydrogen-bond donors (Lipinski definition) is 0. The van der Waals surface area contributed by atoms with Gasteiger partial charge in [0.2, 0.25) is 0 Å². The van der Waals surface area contributed by atoms with E-state index in [2.05, 4.69) is 14.5 Å². The number of methoxy groups -OCH3 is 2. The summed E-state index contributed by atoms with van der Waals surface area (Å²) in [6, 6.07) is 4.51. The van der Waals surface area contributed by atoms with Crippen molar-refractivity contribution in [3.8, 4) is 22.1 Å². The van der Waals surface area contributed by atoms with Crippen LogP contribution in [0.1, 0.15) is 10.5 Å². The Hall–Kier alpha value is -2.22. The largest absolute Gasteiger partial charge is 0.493 e. The van der Waals surface area contributed by atoms with Crippen LogP contribution in [-0.4, -0.2) is 31.8 Å². The van der Waals surface area contributed by atoms with Crippen LogP contribution in [0.4, 0.5) is 8.78 Å². The predicted octanol–water partition coefficient (Wildman–Crippen LogP) is 3.21. The van der Waals surface area contributed by atoms with Gasteiger partial charge in [0, 0.05) is 10.9 Å². The first-order valence-electron chi connectivity index (χ1n) is 5.72. The fourth-order valence-electron chi connectivity index (χ4n) is 1.60. The van der Waals surface area contributed by atoms with Gasteiger partial charge >= 0.3 is 12.6 Å². The molecule has 0 saturated heterocycles. The number of ether oxygens (including phenoxy) is 3. The van der Waals surface area contributed by atoms with Crippen LogP contribution in [0.3, 0.4) is 0 Å². The molecule has 5 nitrogen and oxygen atoms in total. The van der Waals surface area contributed by atoms with Crippen LogP contribution in [0, 0.1) is 0 Å². The first-order valence-corrected chi connectivity index (χ1v) is 6.60. The number of halogens is 2. The van der Waals surface area contributed by atoms with E-state index < -0.39 is 12.6 Å². The Morgan fingerprint density at radius 2 is 2.05 bits per heavy atom. The number of esters is 1. The molecule has 2 aromatic rings. The summed E-state index contributed by atoms with van der Waals surface area (Å²) in [5.74, 6) is -0.473. The van der Waals surface area contributed by atoms with Crippen LogP contribution in [0.25, 0.3) is 10.6 Å². The molecular weight excluding hydrogens is 304 g/mol. The molecule has 0 fully saturated rings. The standard InChI is InChI=1S/C13H11F2NO4S/c1-18-9-4-3-7(5-10(9)20-13(14)15)11-16-8(6-21-11)12(17)19-2/h3-6,13H,1-2H3. The molecule has 0 aliphatic carbocycles. The van der Waals surface area contributed by atoms with Gasteiger partial charge in [-0.1, -0.05) is 0 Å². The van der Waals surface area contributed by atoms with E-state index in [1.54, 1.807) is 6.07 Å². The SMILES string of the molecule is COC(=O)c1csc(-c2ccc(OC)c(OC(F)F)c2)n1. The molecule has 0 unspecified atom stereocenters. The van der Waals surface area contributed by atoms with Gasteiger partial charge in [0.15, 0.2) is 17.2 Å². The van der Waals surface area contributed by atoms with Crippen LogP contribution in [0.2, 0.25) is 0 Å². The zero-order valence-electron chi connectivity index (χ0n) is 11.1. The highest BCUT2D eigenvalue weighted by atomic mass is 32.1. The summed E-state index contributed by atoms with van der Waals surface area (Å²) in [7, 11) is 2.61. The molecule has 0 bridgehead atoms. The quantitative estimate of drug-likeness (QED) is 0.793. The van der Waals surface area contributed by atoms with Crippen LogP contribution >= 0.6 is 11.3 Å². The van der Waals surface area contributed by atoms with Gasteiger partial charge in [-0.3, -0.25) is 0 Å². The number of rotatable bonds is 5. The highest BCUT2D eigenvalue weighted by Gasteiger charge is 2.15. The van der Waals surface area contributed by atoms with Crippen molar-refractivity contribution in [1.82, 2.24) is 4.98 Å². The van der Waals surface area contributed by atoms with Crippen molar-refractivity contribution in [2.75, 3.05) is 14.2 Å². The third-order valence-corrected chi connectivity index (χ3v) is 3.42. The number of alkyl halides is 2. The molecule has 1 heterocycles. The highest BCUT2D eigenvalue weighted by molar-refractivity contribution is 7.13. The van der Waals surface area contributed by atoms with Gasteiger partial charge in [0.25, 0.3) is 0 Å². The maximum Gasteiger partial charge on any atom is 0.387 e. The summed E-state index contributed by atoms with van der Waals surface area (Å²) in [6.45, 7) is -2.96. The number of thiazole rings is 1. The fourth-order valence-corrected chi connectivity index (χ4v) is 2.39. The number of aromatic nitrogens is 1. The Balaban J connectivity index is 2.35. The van der Waals surface area contributed by atoms with E-state index in [1.807, 2.05) is 0 Å². The summed E-state index contributed by atoms with van der Waals surface area (Å²) in [5, 5.41) is 2.01. The highest BCUT2D eigenvalue weighted by Crippen LogP contribution is 2.34. The summed E-state index contributed by atoms with van der Waals surface area (Å²) in [6.07, 6.45) is 0. The Bertz CT molecular complexity index is 645. The average Bonchev–Trinajstić information content (AvgIpc) is 2.95. The third-order valence-electron chi connectivity index (χ3n) is 2.53. The minimum Gasteiger partial charge on any atom is -0.493 e. The molecule has 0 radical (unpaired) electrons. The second-order valence-electron chi connectivity index (χ2n) is 3.77. The van der Waals surface area contributed by atoms with Crippen molar-refractivity contribution < 1.29 is 27.8 Å². The van der Waals surface area contributed by atoms with Gasteiger partial charge < -0.3 is 14.2 Å². The number of benzene rings is 1. The molecule has 0 saturated carbocycles. The molecular formula is C13H11F2NO4S. The van der Waals surface area contributed by atoms with Crippen LogP contribution < -0.4 is 9.47 Å². The minimum atomic E-state index is -2.96. The van der Waals surface area contributed by atoms with E-state index in [4.69, 9.17) is 4.74 Å². The average molecular weight is 315 g/mol. The van der Waals surface area contributed by atoms with Gasteiger partial charge in [-0.15, -0.1) is 11.3 Å². The molecule has 2 rings (SSSR count). The second-order valence-corrected chi connectivity index (χ2v) is 4.63. The molecule has 0 spiro atoms. The van der Waals surface area contributed by atoms with E-state index in [1.165, 1.54) is 43.1 Å². The van der Waals surface area contributed by atoms with Crippen LogP contribution in [0.5, 0.6) is 11.5 Å². The van der Waals surface area contributed by atoms with E-state index in [-0.39, 0.29) is 17.2 Å². The van der Waals surface area contributed by atoms with Crippen molar-refractivity contribution in [2.45, 2.75) is 6.61 Å². The molecule has 8 heteroatoms. The van der Waals surface area contributed by atoms with Crippen molar-refractivity contribution in [3.05, 3.63) is 29.3 Å². The Labute approximate surface area is 123 Å². The maximum atomic E-state index is 12.4. The first-order chi connectivity index (χ1) is 10.0. The fraction of sp³-hybridized carbons (Fsp3) is 0.231. The van der Waals surface area contributed by atoms with Crippen molar-refractivity contribution in [3.63, 3.8) is 0 Å². The van der Waals surface area contributed by atoms with Crippen LogP contribution in [-0.2, 0) is 4.74 Å². The molecule has 21 heavy (non-hydrogen) atoms. The van der Waals surface area contributed by atoms with Gasteiger partial charge in [-0.05, 0) is 18.2 Å². The van der Waals surface area contributed by atoms with Crippen molar-refractivity contribution >= 4 is 17.3 Å². The number of carbonyl (C=O) groups excluding carboxylic acids is 1. The molecule has 0 aliphatic heterocycles. The summed E-state index contributed by atoms with van der Waals surface area (Å²) >= 11 is 1.19. The lowest BCUT2D eigenvalue weighted by molar-refractivity contribution is -0.0511. The van der Waals surface area contributed by atoms with E-state index in [0.717, 1.165) is 0 Å². The van der Waals surface area contributed by atoms with Crippen molar-refractivity contribution in [2.24, 2.45) is 0 Å². The van der Waals surface area contributed by atoms with Gasteiger partial charge in [0.05, 0.1) is 14.2 Å². The normalized spacial score (nSPS) is 10.5. The van der Waals surface area contributed by atoms with Gasteiger partial charge in [-0.25, -0.2) is 9.78 Å². The zero-order chi connectivity index (χ0) is 15.4. The Morgan fingerprint density at radius 1 is 1.29 bits per heavy atom. The van der Waals surface area contributed by atoms with Gasteiger partial charge in [0.1, 0.15) is 5.01 Å². The van der Waals surface area contributed by atoms with E-state index >= 15 is 0 Å². The van der Waals surface area contributed by atoms with Crippen LogP contribution in [0.15, 0.2) is 23.6 Å². The molecule has 0 N–H and O–H groups in total. The molecule has 1 aromatic carbocycles. The Morgan fingerprint density at radius 3 is 2.67 bits per heavy atom. The molecule has 112 valence electrons. The summed E-state index contributed by atoms with van der Waals surface area (Å²) in [5.41, 5.74) is 0.691. The van der Waals surface area contributed by atoms with E-state index in [0.29, 0.717) is 10.6 Å². The smallest absolute Gasteiger partial charge is 0.387 e. The third kappa shape index (κ3) is 3.46.